The number of rotatable bonds is 3. The van der Waals surface area contributed by atoms with Crippen LogP contribution in [-0.2, 0) is 0 Å². The SMILES string of the molecule is CCCCC(C)O.[K]. The first-order valence-corrected chi connectivity index (χ1v) is 2.95. The summed E-state index contributed by atoms with van der Waals surface area (Å²) < 4.78 is 0. The maximum Gasteiger partial charge on any atom is 0.0512 e. The molecular formula is C6H14KO. The predicted molar refractivity (Wildman–Crippen MR) is 37.0 cm³/mol. The van der Waals surface area contributed by atoms with Gasteiger partial charge in [0.1, 0.15) is 0 Å². The summed E-state index contributed by atoms with van der Waals surface area (Å²) in [5.74, 6) is 0. The van der Waals surface area contributed by atoms with Gasteiger partial charge in [-0.2, -0.15) is 0 Å². The van der Waals surface area contributed by atoms with E-state index in [1.807, 2.05) is 6.92 Å². The van der Waals surface area contributed by atoms with E-state index in [0.717, 1.165) is 12.8 Å². The number of aliphatic hydroxyl groups is 1. The first-order chi connectivity index (χ1) is 3.27. The van der Waals surface area contributed by atoms with Crippen LogP contribution in [0, 0.1) is 0 Å². The molecule has 0 heterocycles. The van der Waals surface area contributed by atoms with Gasteiger partial charge in [0.25, 0.3) is 0 Å². The molecule has 1 unspecified atom stereocenters. The summed E-state index contributed by atoms with van der Waals surface area (Å²) in [5, 5.41) is 8.68. The largest absolute Gasteiger partial charge is 0.393 e. The normalized spacial score (nSPS) is 12.4. The van der Waals surface area contributed by atoms with Gasteiger partial charge in [-0.25, -0.2) is 0 Å². The van der Waals surface area contributed by atoms with Crippen LogP contribution in [0.3, 0.4) is 0 Å². The van der Waals surface area contributed by atoms with Gasteiger partial charge in [0.05, 0.1) is 6.10 Å². The van der Waals surface area contributed by atoms with Crippen molar-refractivity contribution in [1.29, 1.82) is 0 Å². The van der Waals surface area contributed by atoms with E-state index in [0.29, 0.717) is 0 Å². The molecule has 45 valence electrons. The number of aliphatic hydroxyl groups excluding tert-OH is 1. The fourth-order valence-corrected chi connectivity index (χ4v) is 0.500. The topological polar surface area (TPSA) is 20.2 Å². The van der Waals surface area contributed by atoms with Crippen molar-refractivity contribution in [2.75, 3.05) is 0 Å². The fourth-order valence-electron chi connectivity index (χ4n) is 0.500. The van der Waals surface area contributed by atoms with Crippen LogP contribution in [0.4, 0.5) is 0 Å². The van der Waals surface area contributed by atoms with Gasteiger partial charge in [0.15, 0.2) is 0 Å². The Bertz CT molecular complexity index is 37.5. The minimum absolute atomic E-state index is 0. The van der Waals surface area contributed by atoms with Crippen molar-refractivity contribution in [3.63, 3.8) is 0 Å². The Morgan fingerprint density at radius 1 is 1.50 bits per heavy atom. The quantitative estimate of drug-likeness (QED) is 0.585. The van der Waals surface area contributed by atoms with Crippen LogP contribution in [0.1, 0.15) is 33.1 Å². The second-order valence-corrected chi connectivity index (χ2v) is 1.99. The molecule has 0 aliphatic carbocycles. The van der Waals surface area contributed by atoms with Crippen molar-refractivity contribution in [3.05, 3.63) is 0 Å². The monoisotopic (exact) mass is 141 g/mol. The van der Waals surface area contributed by atoms with E-state index in [-0.39, 0.29) is 57.5 Å². The van der Waals surface area contributed by atoms with Crippen molar-refractivity contribution < 1.29 is 5.11 Å². The summed E-state index contributed by atoms with van der Waals surface area (Å²) in [4.78, 5) is 0. The van der Waals surface area contributed by atoms with Gasteiger partial charge in [-0.05, 0) is 13.3 Å². The summed E-state index contributed by atoms with van der Waals surface area (Å²) in [6.45, 7) is 3.96. The molecule has 0 aliphatic rings. The Morgan fingerprint density at radius 2 is 2.00 bits per heavy atom. The van der Waals surface area contributed by atoms with Gasteiger partial charge in [0.2, 0.25) is 0 Å². The molecule has 0 rings (SSSR count). The molecule has 1 nitrogen and oxygen atoms in total. The van der Waals surface area contributed by atoms with Crippen LogP contribution in [-0.4, -0.2) is 62.6 Å². The summed E-state index contributed by atoms with van der Waals surface area (Å²) in [5.41, 5.74) is 0. The van der Waals surface area contributed by atoms with Gasteiger partial charge < -0.3 is 5.11 Å². The third-order valence-corrected chi connectivity index (χ3v) is 0.975. The Balaban J connectivity index is 0. The summed E-state index contributed by atoms with van der Waals surface area (Å²) in [6, 6.07) is 0. The molecule has 0 saturated heterocycles. The van der Waals surface area contributed by atoms with Crippen LogP contribution in [0.5, 0.6) is 0 Å². The van der Waals surface area contributed by atoms with Crippen molar-refractivity contribution in [2.45, 2.75) is 39.2 Å². The van der Waals surface area contributed by atoms with Crippen molar-refractivity contribution in [2.24, 2.45) is 0 Å². The van der Waals surface area contributed by atoms with Crippen molar-refractivity contribution in [3.8, 4) is 0 Å². The number of unbranched alkanes of at least 4 members (excludes halogenated alkanes) is 1. The summed E-state index contributed by atoms with van der Waals surface area (Å²) >= 11 is 0. The average Bonchev–Trinajstić information content (AvgIpc) is 1.61. The third-order valence-electron chi connectivity index (χ3n) is 0.975. The molecule has 0 bridgehead atoms. The molecule has 0 fully saturated rings. The van der Waals surface area contributed by atoms with Gasteiger partial charge in [-0.1, -0.05) is 19.8 Å². The molecule has 0 saturated carbocycles. The molecule has 0 aromatic heterocycles. The van der Waals surface area contributed by atoms with E-state index in [1.54, 1.807) is 0 Å². The molecule has 2 heteroatoms. The maximum atomic E-state index is 8.68. The first-order valence-electron chi connectivity index (χ1n) is 2.95. The Labute approximate surface area is 94.3 Å². The number of hydrogen-bond donors (Lipinski definition) is 1. The van der Waals surface area contributed by atoms with E-state index >= 15 is 0 Å². The maximum absolute atomic E-state index is 8.68. The Morgan fingerprint density at radius 3 is 2.12 bits per heavy atom. The van der Waals surface area contributed by atoms with Gasteiger partial charge >= 0.3 is 0 Å². The van der Waals surface area contributed by atoms with E-state index in [2.05, 4.69) is 6.92 Å². The Hall–Kier alpha value is 1.60. The molecule has 1 radical (unpaired) electrons. The molecule has 0 spiro atoms. The molecule has 1 atom stereocenters. The predicted octanol–water partition coefficient (Wildman–Crippen LogP) is 1.18. The average molecular weight is 141 g/mol. The minimum atomic E-state index is -0.0973. The number of hydrogen-bond acceptors (Lipinski definition) is 1. The molecule has 0 aromatic rings. The standard InChI is InChI=1S/C6H14O.K/c1-3-4-5-6(2)7;/h6-7H,3-5H2,1-2H3;. The van der Waals surface area contributed by atoms with E-state index in [4.69, 9.17) is 5.11 Å². The zero-order valence-corrected chi connectivity index (χ0v) is 9.27. The zero-order chi connectivity index (χ0) is 5.70. The van der Waals surface area contributed by atoms with E-state index in [1.165, 1.54) is 6.42 Å². The molecule has 0 aromatic carbocycles. The third kappa shape index (κ3) is 10.6. The second-order valence-electron chi connectivity index (χ2n) is 1.99. The van der Waals surface area contributed by atoms with Crippen LogP contribution >= 0.6 is 0 Å². The van der Waals surface area contributed by atoms with Gasteiger partial charge in [-0.15, -0.1) is 0 Å². The Kier molecular flexibility index (Phi) is 13.2. The fraction of sp³-hybridized carbons (Fsp3) is 1.00. The second kappa shape index (κ2) is 8.60. The molecular weight excluding hydrogens is 127 g/mol. The smallest absolute Gasteiger partial charge is 0.0512 e. The molecule has 0 aliphatic heterocycles. The zero-order valence-electron chi connectivity index (χ0n) is 6.15. The summed E-state index contributed by atoms with van der Waals surface area (Å²) in [7, 11) is 0. The van der Waals surface area contributed by atoms with Crippen molar-refractivity contribution >= 4 is 51.4 Å². The van der Waals surface area contributed by atoms with E-state index < -0.39 is 0 Å². The van der Waals surface area contributed by atoms with Crippen LogP contribution < -0.4 is 0 Å². The summed E-state index contributed by atoms with van der Waals surface area (Å²) in [6.07, 6.45) is 3.19. The molecule has 1 N–H and O–H groups in total. The van der Waals surface area contributed by atoms with Gasteiger partial charge in [-0.3, -0.25) is 0 Å². The molecule has 0 amide bonds. The molecule has 8 heavy (non-hydrogen) atoms. The minimum Gasteiger partial charge on any atom is -0.393 e. The van der Waals surface area contributed by atoms with Crippen LogP contribution in [0.25, 0.3) is 0 Å². The van der Waals surface area contributed by atoms with Crippen molar-refractivity contribution in [1.82, 2.24) is 0 Å². The van der Waals surface area contributed by atoms with E-state index in [9.17, 15) is 0 Å². The van der Waals surface area contributed by atoms with Gasteiger partial charge in [0, 0.05) is 51.4 Å². The van der Waals surface area contributed by atoms with Crippen LogP contribution in [0.2, 0.25) is 0 Å². The van der Waals surface area contributed by atoms with Crippen LogP contribution in [0.15, 0.2) is 0 Å². The first kappa shape index (κ1) is 12.3.